The van der Waals surface area contributed by atoms with Gasteiger partial charge in [0.1, 0.15) is 12.1 Å². The Morgan fingerprint density at radius 3 is 2.52 bits per heavy atom. The number of dihydropyridines is 1. The summed E-state index contributed by atoms with van der Waals surface area (Å²) in [5.41, 5.74) is 3.61. The van der Waals surface area contributed by atoms with Crippen molar-refractivity contribution in [3.8, 4) is 0 Å². The number of nitrogens with one attached hydrogen (secondary N) is 3. The summed E-state index contributed by atoms with van der Waals surface area (Å²) in [4.78, 5) is 38.3. The molecular formula is C30H27N3O6S. The van der Waals surface area contributed by atoms with Gasteiger partial charge in [0.05, 0.1) is 10.9 Å². The zero-order valence-electron chi connectivity index (χ0n) is 21.5. The van der Waals surface area contributed by atoms with Gasteiger partial charge in [0.2, 0.25) is 10.0 Å². The van der Waals surface area contributed by atoms with Crippen molar-refractivity contribution >= 4 is 27.7 Å². The highest BCUT2D eigenvalue weighted by Gasteiger charge is 2.33. The molecular weight excluding hydrogens is 530 g/mol. The van der Waals surface area contributed by atoms with Gasteiger partial charge in [0, 0.05) is 23.3 Å². The Morgan fingerprint density at radius 2 is 1.77 bits per heavy atom. The van der Waals surface area contributed by atoms with Crippen LogP contribution in [0.25, 0.3) is 0 Å². The highest BCUT2D eigenvalue weighted by molar-refractivity contribution is 7.89. The van der Waals surface area contributed by atoms with Gasteiger partial charge in [-0.3, -0.25) is 14.4 Å². The van der Waals surface area contributed by atoms with Crippen molar-refractivity contribution in [1.82, 2.24) is 15.4 Å². The van der Waals surface area contributed by atoms with Gasteiger partial charge in [-0.25, -0.2) is 8.42 Å². The van der Waals surface area contributed by atoms with Crippen LogP contribution in [-0.2, 0) is 26.0 Å². The van der Waals surface area contributed by atoms with Gasteiger partial charge >= 0.3 is 5.97 Å². The Bertz CT molecular complexity index is 1650. The molecule has 2 aromatic carbocycles. The highest BCUT2D eigenvalue weighted by atomic mass is 32.2. The summed E-state index contributed by atoms with van der Waals surface area (Å²) in [7, 11) is -4.14. The molecule has 10 heteroatoms. The molecule has 3 atom stereocenters. The normalized spacial score (nSPS) is 20.2. The number of allylic oxidation sites excluding steroid dienone is 3. The quantitative estimate of drug-likeness (QED) is 0.391. The first-order chi connectivity index (χ1) is 19.1. The van der Waals surface area contributed by atoms with Crippen LogP contribution < -0.4 is 15.4 Å². The monoisotopic (exact) mass is 557 g/mol. The van der Waals surface area contributed by atoms with Crippen molar-refractivity contribution in [2.75, 3.05) is 0 Å². The van der Waals surface area contributed by atoms with Crippen LogP contribution in [0.3, 0.4) is 0 Å². The number of amides is 1. The summed E-state index contributed by atoms with van der Waals surface area (Å²) in [6.07, 6.45) is 12.4. The Hall–Kier alpha value is -4.54. The molecule has 40 heavy (non-hydrogen) atoms. The molecule has 1 heterocycles. The van der Waals surface area contributed by atoms with Gasteiger partial charge in [-0.15, -0.1) is 0 Å². The average molecular weight is 558 g/mol. The van der Waals surface area contributed by atoms with Gasteiger partial charge in [-0.2, -0.15) is 4.72 Å². The van der Waals surface area contributed by atoms with Crippen molar-refractivity contribution in [3.63, 3.8) is 0 Å². The molecule has 0 saturated carbocycles. The number of hydrogen-bond donors (Lipinski definition) is 4. The second kappa shape index (κ2) is 10.9. The molecule has 0 aromatic heterocycles. The summed E-state index contributed by atoms with van der Waals surface area (Å²) < 4.78 is 28.0. The molecule has 2 aromatic rings. The number of rotatable bonds is 8. The standard InChI is InChI=1S/C30H27N3O6S/c1-18-10-12-21(13-11-18)40(38,39)33-26(30(36)37)17-19-6-2-4-8-22(19)29(35)32-28-23-16-20-7-3-5-9-24(20)31-25(23)14-15-27(28)34/h2-16,24,26,28,31,33H,17H2,1H3,(H,32,35)(H,36,37)/t24?,26-,28?/m0/s1. The lowest BCUT2D eigenvalue weighted by atomic mass is 9.87. The number of carbonyl (C=O) groups excluding carboxylic acids is 2. The number of carboxylic acid groups (broad SMARTS) is 1. The zero-order valence-corrected chi connectivity index (χ0v) is 22.3. The molecule has 3 aliphatic rings. The minimum absolute atomic E-state index is 0.0321. The van der Waals surface area contributed by atoms with Crippen LogP contribution in [0.1, 0.15) is 21.5 Å². The Labute approximate surface area is 231 Å². The van der Waals surface area contributed by atoms with Crippen molar-refractivity contribution in [1.29, 1.82) is 0 Å². The maximum Gasteiger partial charge on any atom is 0.322 e. The van der Waals surface area contributed by atoms with Crippen LogP contribution in [0, 0.1) is 6.92 Å². The van der Waals surface area contributed by atoms with E-state index in [-0.39, 0.29) is 28.7 Å². The molecule has 5 rings (SSSR count). The number of carboxylic acids is 1. The first kappa shape index (κ1) is 27.0. The molecule has 0 spiro atoms. The van der Waals surface area contributed by atoms with Gasteiger partial charge in [-0.05, 0) is 54.5 Å². The molecule has 1 aliphatic heterocycles. The molecule has 9 nitrogen and oxygen atoms in total. The number of aliphatic carboxylic acids is 1. The molecule has 0 saturated heterocycles. The zero-order chi connectivity index (χ0) is 28.4. The molecule has 204 valence electrons. The third-order valence-corrected chi connectivity index (χ3v) is 8.39. The van der Waals surface area contributed by atoms with E-state index < -0.39 is 34.0 Å². The van der Waals surface area contributed by atoms with E-state index in [0.29, 0.717) is 11.1 Å². The van der Waals surface area contributed by atoms with Crippen LogP contribution in [0.5, 0.6) is 0 Å². The van der Waals surface area contributed by atoms with Crippen LogP contribution in [-0.4, -0.2) is 49.3 Å². The minimum atomic E-state index is -4.14. The van der Waals surface area contributed by atoms with Gasteiger partial charge < -0.3 is 15.7 Å². The van der Waals surface area contributed by atoms with Crippen molar-refractivity contribution in [3.05, 3.63) is 125 Å². The second-order valence-electron chi connectivity index (χ2n) is 9.71. The maximum atomic E-state index is 13.5. The number of carbonyl (C=O) groups is 3. The molecule has 0 bridgehead atoms. The fourth-order valence-corrected chi connectivity index (χ4v) is 5.97. The second-order valence-corrected chi connectivity index (χ2v) is 11.4. The van der Waals surface area contributed by atoms with Crippen molar-refractivity contribution < 1.29 is 27.9 Å². The van der Waals surface area contributed by atoms with Gasteiger partial charge in [-0.1, -0.05) is 60.2 Å². The molecule has 2 aliphatic carbocycles. The minimum Gasteiger partial charge on any atom is -0.480 e. The summed E-state index contributed by atoms with van der Waals surface area (Å²) in [6.45, 7) is 1.81. The number of fused-ring (bicyclic) bond motifs is 1. The Morgan fingerprint density at radius 1 is 1.02 bits per heavy atom. The number of hydrogen-bond acceptors (Lipinski definition) is 6. The van der Waals surface area contributed by atoms with E-state index in [4.69, 9.17) is 0 Å². The topological polar surface area (TPSA) is 142 Å². The largest absolute Gasteiger partial charge is 0.480 e. The molecule has 0 fully saturated rings. The van der Waals surface area contributed by atoms with E-state index in [1.165, 1.54) is 24.3 Å². The molecule has 4 N–H and O–H groups in total. The van der Waals surface area contributed by atoms with Crippen LogP contribution in [0.4, 0.5) is 0 Å². The first-order valence-corrected chi connectivity index (χ1v) is 14.1. The first-order valence-electron chi connectivity index (χ1n) is 12.6. The summed E-state index contributed by atoms with van der Waals surface area (Å²) in [6, 6.07) is 9.83. The fraction of sp³-hybridized carbons (Fsp3) is 0.167. The van der Waals surface area contributed by atoms with E-state index in [2.05, 4.69) is 15.4 Å². The van der Waals surface area contributed by atoms with Crippen LogP contribution >= 0.6 is 0 Å². The fourth-order valence-electron chi connectivity index (χ4n) is 4.78. The Kier molecular flexibility index (Phi) is 7.38. The summed E-state index contributed by atoms with van der Waals surface area (Å²) in [5, 5.41) is 16.0. The average Bonchev–Trinajstić information content (AvgIpc) is 2.93. The summed E-state index contributed by atoms with van der Waals surface area (Å²) in [5.74, 6) is -2.27. The lowest BCUT2D eigenvalue weighted by molar-refractivity contribution is -0.138. The number of sulfonamides is 1. The smallest absolute Gasteiger partial charge is 0.322 e. The Balaban J connectivity index is 1.37. The maximum absolute atomic E-state index is 13.5. The predicted octanol–water partition coefficient (Wildman–Crippen LogP) is 2.48. The van der Waals surface area contributed by atoms with E-state index in [9.17, 15) is 27.9 Å². The van der Waals surface area contributed by atoms with E-state index in [1.807, 2.05) is 37.3 Å². The van der Waals surface area contributed by atoms with E-state index in [0.717, 1.165) is 16.8 Å². The van der Waals surface area contributed by atoms with Crippen molar-refractivity contribution in [2.45, 2.75) is 36.4 Å². The number of aryl methyl sites for hydroxylation is 1. The SMILES string of the molecule is Cc1ccc(S(=O)(=O)N[C@@H](Cc2ccccc2C(=O)NC2C(=O)C=CC3=C2C=C2C=CC=CC2N3)C(=O)O)cc1. The molecule has 1 amide bonds. The van der Waals surface area contributed by atoms with Crippen LogP contribution in [0.2, 0.25) is 0 Å². The number of ketones is 1. The van der Waals surface area contributed by atoms with Gasteiger partial charge in [0.25, 0.3) is 5.91 Å². The number of benzene rings is 2. The van der Waals surface area contributed by atoms with E-state index >= 15 is 0 Å². The highest BCUT2D eigenvalue weighted by Crippen LogP contribution is 2.28. The van der Waals surface area contributed by atoms with Gasteiger partial charge in [0.15, 0.2) is 5.78 Å². The lowest BCUT2D eigenvalue weighted by Crippen LogP contribution is -2.46. The third-order valence-electron chi connectivity index (χ3n) is 6.90. The third kappa shape index (κ3) is 5.58. The lowest BCUT2D eigenvalue weighted by Gasteiger charge is -2.32. The van der Waals surface area contributed by atoms with Crippen LogP contribution in [0.15, 0.2) is 113 Å². The van der Waals surface area contributed by atoms with E-state index in [1.54, 1.807) is 36.4 Å². The summed E-state index contributed by atoms with van der Waals surface area (Å²) >= 11 is 0. The van der Waals surface area contributed by atoms with Crippen molar-refractivity contribution in [2.24, 2.45) is 0 Å². The predicted molar refractivity (Wildman–Crippen MR) is 149 cm³/mol. The molecule has 2 unspecified atom stereocenters. The molecule has 0 radical (unpaired) electrons.